The van der Waals surface area contributed by atoms with Crippen LogP contribution in [0.2, 0.25) is 0 Å². The van der Waals surface area contributed by atoms with Crippen LogP contribution in [0.5, 0.6) is 0 Å². The van der Waals surface area contributed by atoms with Gasteiger partial charge < -0.3 is 10.1 Å². The Morgan fingerprint density at radius 3 is 3.00 bits per heavy atom. The smallest absolute Gasteiger partial charge is 0.378 e. The summed E-state index contributed by atoms with van der Waals surface area (Å²) < 4.78 is 19.9. The van der Waals surface area contributed by atoms with E-state index in [0.717, 1.165) is 12.1 Å². The Kier molecular flexibility index (Phi) is 3.60. The van der Waals surface area contributed by atoms with Crippen molar-refractivity contribution in [3.63, 3.8) is 0 Å². The van der Waals surface area contributed by atoms with Gasteiger partial charge in [0, 0.05) is 17.7 Å². The highest BCUT2D eigenvalue weighted by molar-refractivity contribution is 5.99. The van der Waals surface area contributed by atoms with Gasteiger partial charge in [-0.25, -0.2) is 13.9 Å². The number of methoxy groups -OCH3 is 1. The zero-order valence-corrected chi connectivity index (χ0v) is 13.5. The first kappa shape index (κ1) is 15.5. The SMILES string of the molecule is COC(=O)c1nc2n(n1)[C@H](c1cccc(F)c1)C1=C(CCCC1=O)N2. The van der Waals surface area contributed by atoms with E-state index in [4.69, 9.17) is 0 Å². The Labute approximate surface area is 142 Å². The number of carbonyl (C=O) groups is 2. The van der Waals surface area contributed by atoms with Crippen molar-refractivity contribution in [1.82, 2.24) is 14.8 Å². The number of fused-ring (bicyclic) bond motifs is 1. The molecular formula is C17H15FN4O3. The summed E-state index contributed by atoms with van der Waals surface area (Å²) in [5.74, 6) is -0.868. The summed E-state index contributed by atoms with van der Waals surface area (Å²) in [5, 5.41) is 7.28. The van der Waals surface area contributed by atoms with Crippen LogP contribution in [-0.4, -0.2) is 33.6 Å². The molecule has 128 valence electrons. The van der Waals surface area contributed by atoms with Crippen LogP contribution in [0.15, 0.2) is 35.5 Å². The molecule has 2 aromatic rings. The Hall–Kier alpha value is -3.03. The number of rotatable bonds is 2. The molecule has 0 bridgehead atoms. The largest absolute Gasteiger partial charge is 0.463 e. The standard InChI is InChI=1S/C17H15FN4O3/c1-25-16(24)15-20-17-19-11-6-3-7-12(23)13(11)14(22(17)21-15)9-4-2-5-10(18)8-9/h2,4-5,8,14H,3,6-7H2,1H3,(H,19,20,21)/t14-/m1/s1. The normalized spacial score (nSPS) is 19.1. The molecule has 0 fully saturated rings. The van der Waals surface area contributed by atoms with Gasteiger partial charge in [-0.3, -0.25) is 4.79 Å². The van der Waals surface area contributed by atoms with Crippen LogP contribution in [0, 0.1) is 5.82 Å². The van der Waals surface area contributed by atoms with Crippen molar-refractivity contribution in [1.29, 1.82) is 0 Å². The fraction of sp³-hybridized carbons (Fsp3) is 0.294. The lowest BCUT2D eigenvalue weighted by atomic mass is 9.85. The maximum absolute atomic E-state index is 13.8. The molecule has 1 N–H and O–H groups in total. The number of Topliss-reactive ketones (excluding diaryl/α,β-unsaturated/α-hetero) is 1. The van der Waals surface area contributed by atoms with E-state index >= 15 is 0 Å². The molecule has 1 aliphatic carbocycles. The summed E-state index contributed by atoms with van der Waals surface area (Å²) in [5.41, 5.74) is 1.87. The number of halogens is 1. The molecule has 2 aliphatic rings. The third kappa shape index (κ3) is 2.50. The van der Waals surface area contributed by atoms with E-state index in [2.05, 4.69) is 20.1 Å². The molecule has 1 aliphatic heterocycles. The van der Waals surface area contributed by atoms with Crippen molar-refractivity contribution in [3.05, 3.63) is 52.7 Å². The Bertz CT molecular complexity index is 918. The highest BCUT2D eigenvalue weighted by atomic mass is 19.1. The van der Waals surface area contributed by atoms with Gasteiger partial charge in [0.1, 0.15) is 11.9 Å². The molecule has 0 saturated carbocycles. The van der Waals surface area contributed by atoms with E-state index in [1.807, 2.05) is 0 Å². The number of carbonyl (C=O) groups excluding carboxylic acids is 2. The summed E-state index contributed by atoms with van der Waals surface area (Å²) in [6.07, 6.45) is 1.85. The molecule has 1 aromatic heterocycles. The van der Waals surface area contributed by atoms with Gasteiger partial charge in [0.05, 0.1) is 7.11 Å². The van der Waals surface area contributed by atoms with Crippen molar-refractivity contribution in [3.8, 4) is 0 Å². The lowest BCUT2D eigenvalue weighted by molar-refractivity contribution is -0.116. The predicted molar refractivity (Wildman–Crippen MR) is 85.4 cm³/mol. The Balaban J connectivity index is 1.91. The highest BCUT2D eigenvalue weighted by Gasteiger charge is 2.37. The second-order valence-corrected chi connectivity index (χ2v) is 5.95. The molecule has 4 rings (SSSR count). The van der Waals surface area contributed by atoms with E-state index in [1.165, 1.54) is 23.9 Å². The van der Waals surface area contributed by atoms with E-state index in [-0.39, 0.29) is 11.6 Å². The number of allylic oxidation sites excluding steroid dienone is 2. The summed E-state index contributed by atoms with van der Waals surface area (Å²) in [4.78, 5) is 28.5. The monoisotopic (exact) mass is 342 g/mol. The van der Waals surface area contributed by atoms with Gasteiger partial charge in [-0.1, -0.05) is 12.1 Å². The van der Waals surface area contributed by atoms with Crippen LogP contribution in [0.4, 0.5) is 10.3 Å². The van der Waals surface area contributed by atoms with Gasteiger partial charge in [0.15, 0.2) is 5.78 Å². The number of hydrogen-bond acceptors (Lipinski definition) is 6. The fourth-order valence-electron chi connectivity index (χ4n) is 3.32. The molecule has 0 amide bonds. The summed E-state index contributed by atoms with van der Waals surface area (Å²) in [6, 6.07) is 5.39. The van der Waals surface area contributed by atoms with Crippen LogP contribution in [0.3, 0.4) is 0 Å². The first-order chi connectivity index (χ1) is 12.1. The van der Waals surface area contributed by atoms with Crippen LogP contribution in [-0.2, 0) is 9.53 Å². The number of benzene rings is 1. The zero-order valence-electron chi connectivity index (χ0n) is 13.5. The van der Waals surface area contributed by atoms with Crippen LogP contribution >= 0.6 is 0 Å². The number of ketones is 1. The highest BCUT2D eigenvalue weighted by Crippen LogP contribution is 2.39. The molecular weight excluding hydrogens is 327 g/mol. The maximum atomic E-state index is 13.8. The minimum absolute atomic E-state index is 0.0104. The number of anilines is 1. The van der Waals surface area contributed by atoms with Crippen LogP contribution < -0.4 is 5.32 Å². The molecule has 8 heteroatoms. The molecule has 25 heavy (non-hydrogen) atoms. The molecule has 2 heterocycles. The van der Waals surface area contributed by atoms with Gasteiger partial charge in [-0.2, -0.15) is 4.98 Å². The lowest BCUT2D eigenvalue weighted by Gasteiger charge is -2.32. The van der Waals surface area contributed by atoms with Gasteiger partial charge in [0.25, 0.3) is 5.82 Å². The number of hydrogen-bond donors (Lipinski definition) is 1. The molecule has 0 radical (unpaired) electrons. The quantitative estimate of drug-likeness (QED) is 0.842. The zero-order chi connectivity index (χ0) is 17.6. The van der Waals surface area contributed by atoms with Crippen molar-refractivity contribution >= 4 is 17.7 Å². The van der Waals surface area contributed by atoms with Crippen LogP contribution in [0.1, 0.15) is 41.5 Å². The van der Waals surface area contributed by atoms with E-state index in [0.29, 0.717) is 29.9 Å². The number of nitrogens with one attached hydrogen (secondary N) is 1. The third-order valence-electron chi connectivity index (χ3n) is 4.40. The average Bonchev–Trinajstić information content (AvgIpc) is 3.03. The second-order valence-electron chi connectivity index (χ2n) is 5.95. The number of esters is 1. The Morgan fingerprint density at radius 2 is 2.24 bits per heavy atom. The van der Waals surface area contributed by atoms with Gasteiger partial charge in [-0.15, -0.1) is 5.10 Å². The summed E-state index contributed by atoms with van der Waals surface area (Å²) >= 11 is 0. The second kappa shape index (κ2) is 5.80. The summed E-state index contributed by atoms with van der Waals surface area (Å²) in [7, 11) is 1.24. The third-order valence-corrected chi connectivity index (χ3v) is 4.40. The molecule has 7 nitrogen and oxygen atoms in total. The topological polar surface area (TPSA) is 86.1 Å². The number of nitrogens with zero attached hydrogens (tertiary/aromatic N) is 3. The van der Waals surface area contributed by atoms with Crippen LogP contribution in [0.25, 0.3) is 0 Å². The lowest BCUT2D eigenvalue weighted by Crippen LogP contribution is -2.31. The number of ether oxygens (including phenoxy) is 1. The minimum Gasteiger partial charge on any atom is -0.463 e. The molecule has 1 aromatic carbocycles. The van der Waals surface area contributed by atoms with Crippen molar-refractivity contribution < 1.29 is 18.7 Å². The number of aromatic nitrogens is 3. The predicted octanol–water partition coefficient (Wildman–Crippen LogP) is 2.23. The first-order valence-corrected chi connectivity index (χ1v) is 7.92. The van der Waals surface area contributed by atoms with Gasteiger partial charge >= 0.3 is 5.97 Å². The van der Waals surface area contributed by atoms with E-state index in [9.17, 15) is 14.0 Å². The molecule has 0 spiro atoms. The van der Waals surface area contributed by atoms with Gasteiger partial charge in [-0.05, 0) is 30.5 Å². The van der Waals surface area contributed by atoms with Crippen molar-refractivity contribution in [2.45, 2.75) is 25.3 Å². The van der Waals surface area contributed by atoms with E-state index in [1.54, 1.807) is 12.1 Å². The fourth-order valence-corrected chi connectivity index (χ4v) is 3.32. The average molecular weight is 342 g/mol. The first-order valence-electron chi connectivity index (χ1n) is 7.92. The van der Waals surface area contributed by atoms with Gasteiger partial charge in [0.2, 0.25) is 5.95 Å². The molecule has 0 saturated heterocycles. The van der Waals surface area contributed by atoms with Crippen molar-refractivity contribution in [2.24, 2.45) is 0 Å². The van der Waals surface area contributed by atoms with Crippen molar-refractivity contribution in [2.75, 3.05) is 12.4 Å². The molecule has 1 atom stereocenters. The maximum Gasteiger partial charge on any atom is 0.378 e. The molecule has 0 unspecified atom stereocenters. The Morgan fingerprint density at radius 1 is 1.40 bits per heavy atom. The minimum atomic E-state index is -0.675. The van der Waals surface area contributed by atoms with E-state index < -0.39 is 17.8 Å². The summed E-state index contributed by atoms with van der Waals surface area (Å²) in [6.45, 7) is 0.